The smallest absolute Gasteiger partial charge is 0.139 e. The Kier molecular flexibility index (Phi) is 3.69. The molecule has 1 saturated heterocycles. The van der Waals surface area contributed by atoms with Crippen molar-refractivity contribution in [2.45, 2.75) is 50.9 Å². The van der Waals surface area contributed by atoms with Gasteiger partial charge in [0.25, 0.3) is 0 Å². The number of hydrogen-bond acceptors (Lipinski definition) is 3. The van der Waals surface area contributed by atoms with Crippen molar-refractivity contribution in [2.24, 2.45) is 0 Å². The van der Waals surface area contributed by atoms with Crippen molar-refractivity contribution in [3.05, 3.63) is 29.6 Å². The van der Waals surface area contributed by atoms with Crippen molar-refractivity contribution < 1.29 is 13.9 Å². The third kappa shape index (κ3) is 2.31. The molecule has 0 saturated carbocycles. The van der Waals surface area contributed by atoms with Gasteiger partial charge in [-0.1, -0.05) is 6.92 Å². The summed E-state index contributed by atoms with van der Waals surface area (Å²) in [7, 11) is 0. The minimum atomic E-state index is -0.268. The van der Waals surface area contributed by atoms with Gasteiger partial charge in [0.15, 0.2) is 0 Å². The molecule has 0 aliphatic carbocycles. The van der Waals surface area contributed by atoms with Crippen molar-refractivity contribution >= 4 is 0 Å². The van der Waals surface area contributed by atoms with Gasteiger partial charge in [0.2, 0.25) is 0 Å². The lowest BCUT2D eigenvalue weighted by atomic mass is 9.83. The van der Waals surface area contributed by atoms with Gasteiger partial charge in [0.05, 0.1) is 12.7 Å². The van der Waals surface area contributed by atoms with Gasteiger partial charge in [-0.05, 0) is 38.1 Å². The quantitative estimate of drug-likeness (QED) is 0.921. The lowest BCUT2D eigenvalue weighted by Gasteiger charge is -2.42. The second kappa shape index (κ2) is 5.34. The first kappa shape index (κ1) is 13.8. The maximum atomic E-state index is 13.5. The number of fused-ring (bicyclic) bond motifs is 1. The third-order valence-corrected chi connectivity index (χ3v) is 4.48. The average Bonchev–Trinajstić information content (AvgIpc) is 2.78. The molecular formula is C16H22FNO2. The molecule has 2 aliphatic rings. The van der Waals surface area contributed by atoms with Crippen molar-refractivity contribution in [3.8, 4) is 5.75 Å². The topological polar surface area (TPSA) is 30.5 Å². The Labute approximate surface area is 119 Å². The molecule has 3 nitrogen and oxygen atoms in total. The molecule has 1 aromatic carbocycles. The summed E-state index contributed by atoms with van der Waals surface area (Å²) >= 11 is 0. The van der Waals surface area contributed by atoms with Crippen LogP contribution in [0.15, 0.2) is 18.2 Å². The third-order valence-electron chi connectivity index (χ3n) is 4.48. The van der Waals surface area contributed by atoms with Crippen LogP contribution in [0.5, 0.6) is 5.75 Å². The fourth-order valence-electron chi connectivity index (χ4n) is 3.27. The van der Waals surface area contributed by atoms with Crippen LogP contribution >= 0.6 is 0 Å². The Morgan fingerprint density at radius 3 is 3.00 bits per heavy atom. The average molecular weight is 279 g/mol. The Morgan fingerprint density at radius 1 is 1.45 bits per heavy atom. The first-order chi connectivity index (χ1) is 9.64. The molecule has 3 unspecified atom stereocenters. The standard InChI is InChI=1S/C16H22FNO2/c1-3-7-18-14-10-16(6-8-19-11(16)2)20-15-5-4-12(17)9-13(14)15/h4-5,9,11,14,18H,3,6-8,10H2,1-2H3. The summed E-state index contributed by atoms with van der Waals surface area (Å²) in [5.41, 5.74) is 0.666. The summed E-state index contributed by atoms with van der Waals surface area (Å²) in [6.07, 6.45) is 2.87. The largest absolute Gasteiger partial charge is 0.484 e. The predicted molar refractivity (Wildman–Crippen MR) is 75.4 cm³/mol. The summed E-state index contributed by atoms with van der Waals surface area (Å²) in [5.74, 6) is 0.589. The minimum Gasteiger partial charge on any atom is -0.484 e. The van der Waals surface area contributed by atoms with Crippen LogP contribution in [0.2, 0.25) is 0 Å². The molecule has 1 aromatic rings. The first-order valence-corrected chi connectivity index (χ1v) is 7.48. The van der Waals surface area contributed by atoms with Gasteiger partial charge >= 0.3 is 0 Å². The minimum absolute atomic E-state index is 0.0756. The molecule has 4 heteroatoms. The highest BCUT2D eigenvalue weighted by molar-refractivity contribution is 5.40. The maximum Gasteiger partial charge on any atom is 0.139 e. The Hall–Kier alpha value is -1.13. The zero-order chi connectivity index (χ0) is 14.2. The molecule has 2 aliphatic heterocycles. The summed E-state index contributed by atoms with van der Waals surface area (Å²) in [4.78, 5) is 0. The lowest BCUT2D eigenvalue weighted by molar-refractivity contribution is -0.0308. The highest BCUT2D eigenvalue weighted by atomic mass is 19.1. The van der Waals surface area contributed by atoms with Gasteiger partial charge in [-0.25, -0.2) is 4.39 Å². The van der Waals surface area contributed by atoms with Gasteiger partial charge < -0.3 is 14.8 Å². The van der Waals surface area contributed by atoms with E-state index in [9.17, 15) is 4.39 Å². The molecule has 0 amide bonds. The van der Waals surface area contributed by atoms with Crippen LogP contribution in [0.4, 0.5) is 4.39 Å². The van der Waals surface area contributed by atoms with Gasteiger partial charge in [-0.2, -0.15) is 0 Å². The number of nitrogens with one attached hydrogen (secondary N) is 1. The van der Waals surface area contributed by atoms with Crippen molar-refractivity contribution in [3.63, 3.8) is 0 Å². The Balaban J connectivity index is 1.94. The first-order valence-electron chi connectivity index (χ1n) is 7.48. The Bertz CT molecular complexity index is 493. The van der Waals surface area contributed by atoms with Crippen LogP contribution in [0.1, 0.15) is 44.7 Å². The lowest BCUT2D eigenvalue weighted by Crippen LogP contribution is -2.48. The number of ether oxygens (including phenoxy) is 2. The van der Waals surface area contributed by atoms with E-state index in [1.54, 1.807) is 12.1 Å². The van der Waals surface area contributed by atoms with Crippen molar-refractivity contribution in [1.82, 2.24) is 5.32 Å². The molecular weight excluding hydrogens is 257 g/mol. The van der Waals surface area contributed by atoms with Crippen molar-refractivity contribution in [2.75, 3.05) is 13.2 Å². The monoisotopic (exact) mass is 279 g/mol. The molecule has 0 radical (unpaired) electrons. The number of hydrogen-bond donors (Lipinski definition) is 1. The zero-order valence-electron chi connectivity index (χ0n) is 12.1. The summed E-state index contributed by atoms with van der Waals surface area (Å²) in [6.45, 7) is 5.86. The summed E-state index contributed by atoms with van der Waals surface area (Å²) in [5, 5.41) is 3.52. The molecule has 3 atom stereocenters. The molecule has 20 heavy (non-hydrogen) atoms. The van der Waals surface area contributed by atoms with Gasteiger partial charge in [-0.3, -0.25) is 0 Å². The second-order valence-corrected chi connectivity index (χ2v) is 5.82. The van der Waals surface area contributed by atoms with Crippen LogP contribution in [-0.2, 0) is 4.74 Å². The molecule has 0 bridgehead atoms. The molecule has 1 spiro atoms. The fraction of sp³-hybridized carbons (Fsp3) is 0.625. The van der Waals surface area contributed by atoms with E-state index in [-0.39, 0.29) is 23.6 Å². The van der Waals surface area contributed by atoms with Crippen LogP contribution in [0.25, 0.3) is 0 Å². The number of halogens is 1. The Morgan fingerprint density at radius 2 is 2.30 bits per heavy atom. The van der Waals surface area contributed by atoms with Crippen LogP contribution in [0, 0.1) is 5.82 Å². The number of benzene rings is 1. The van der Waals surface area contributed by atoms with E-state index in [1.165, 1.54) is 6.07 Å². The number of rotatable bonds is 3. The zero-order valence-corrected chi connectivity index (χ0v) is 12.1. The van der Waals surface area contributed by atoms with Crippen LogP contribution in [0.3, 0.4) is 0 Å². The van der Waals surface area contributed by atoms with E-state index >= 15 is 0 Å². The van der Waals surface area contributed by atoms with E-state index in [2.05, 4.69) is 19.2 Å². The highest BCUT2D eigenvalue weighted by Crippen LogP contribution is 2.45. The van der Waals surface area contributed by atoms with Crippen LogP contribution in [-0.4, -0.2) is 24.9 Å². The molecule has 110 valence electrons. The van der Waals surface area contributed by atoms with E-state index < -0.39 is 0 Å². The predicted octanol–water partition coefficient (Wildman–Crippen LogP) is 3.20. The molecule has 3 rings (SSSR count). The maximum absolute atomic E-state index is 13.5. The van der Waals surface area contributed by atoms with Gasteiger partial charge in [-0.15, -0.1) is 0 Å². The second-order valence-electron chi connectivity index (χ2n) is 5.82. The van der Waals surface area contributed by atoms with E-state index in [1.807, 2.05) is 0 Å². The van der Waals surface area contributed by atoms with Gasteiger partial charge in [0.1, 0.15) is 17.2 Å². The fourth-order valence-corrected chi connectivity index (χ4v) is 3.27. The van der Waals surface area contributed by atoms with Gasteiger partial charge in [0, 0.05) is 24.4 Å². The molecule has 0 aromatic heterocycles. The van der Waals surface area contributed by atoms with Crippen LogP contribution < -0.4 is 10.1 Å². The molecule has 2 heterocycles. The highest BCUT2D eigenvalue weighted by Gasteiger charge is 2.48. The molecule has 1 fully saturated rings. The summed E-state index contributed by atoms with van der Waals surface area (Å²) in [6, 6.07) is 4.95. The van der Waals surface area contributed by atoms with E-state index in [4.69, 9.17) is 9.47 Å². The SMILES string of the molecule is CCCNC1CC2(CCOC2C)Oc2ccc(F)cc21. The van der Waals surface area contributed by atoms with E-state index in [0.29, 0.717) is 0 Å². The van der Waals surface area contributed by atoms with E-state index in [0.717, 1.165) is 43.7 Å². The summed E-state index contributed by atoms with van der Waals surface area (Å²) < 4.78 is 25.5. The molecule has 1 N–H and O–H groups in total. The van der Waals surface area contributed by atoms with Crippen molar-refractivity contribution in [1.29, 1.82) is 0 Å². The normalized spacial score (nSPS) is 32.1.